The predicted molar refractivity (Wildman–Crippen MR) is 93.7 cm³/mol. The monoisotopic (exact) mass is 409 g/mol. The lowest BCUT2D eigenvalue weighted by molar-refractivity contribution is 0.0940. The van der Waals surface area contributed by atoms with Crippen LogP contribution in [-0.4, -0.2) is 11.9 Å². The lowest BCUT2D eigenvalue weighted by Gasteiger charge is -2.14. The molecule has 1 amide bonds. The summed E-state index contributed by atoms with van der Waals surface area (Å²) in [7, 11) is 0. The van der Waals surface area contributed by atoms with Crippen LogP contribution in [0.5, 0.6) is 0 Å². The van der Waals surface area contributed by atoms with Gasteiger partial charge in [0.25, 0.3) is 5.91 Å². The maximum atomic E-state index is 12.2. The SMILES string of the molecule is Cc1cc(C(=O)NC(C)Cc2ccc(Br)cc2)ccc1Br. The number of hydrogen-bond donors (Lipinski definition) is 1. The highest BCUT2D eigenvalue weighted by molar-refractivity contribution is 9.10. The van der Waals surface area contributed by atoms with Crippen molar-refractivity contribution in [2.75, 3.05) is 0 Å². The van der Waals surface area contributed by atoms with Crippen LogP contribution in [0.2, 0.25) is 0 Å². The van der Waals surface area contributed by atoms with Gasteiger partial charge in [0.2, 0.25) is 0 Å². The Morgan fingerprint density at radius 1 is 1.14 bits per heavy atom. The van der Waals surface area contributed by atoms with E-state index >= 15 is 0 Å². The number of amides is 1. The number of carbonyl (C=O) groups is 1. The smallest absolute Gasteiger partial charge is 0.251 e. The Labute approximate surface area is 142 Å². The van der Waals surface area contributed by atoms with Gasteiger partial charge in [0.1, 0.15) is 0 Å². The molecule has 4 heteroatoms. The average Bonchev–Trinajstić information content (AvgIpc) is 2.44. The first-order chi connectivity index (χ1) is 9.95. The standard InChI is InChI=1S/C17H17Br2NO/c1-11-9-14(5-8-16(11)19)17(21)20-12(2)10-13-3-6-15(18)7-4-13/h3-9,12H,10H2,1-2H3,(H,20,21). The van der Waals surface area contributed by atoms with Gasteiger partial charge in [-0.25, -0.2) is 0 Å². The first-order valence-corrected chi connectivity index (χ1v) is 8.36. The Bertz CT molecular complexity index is 638. The van der Waals surface area contributed by atoms with Crippen molar-refractivity contribution in [1.29, 1.82) is 0 Å². The zero-order valence-electron chi connectivity index (χ0n) is 12.0. The van der Waals surface area contributed by atoms with Crippen LogP contribution in [0.25, 0.3) is 0 Å². The highest BCUT2D eigenvalue weighted by atomic mass is 79.9. The molecular weight excluding hydrogens is 394 g/mol. The van der Waals surface area contributed by atoms with Gasteiger partial charge in [-0.1, -0.05) is 44.0 Å². The van der Waals surface area contributed by atoms with Gasteiger partial charge >= 0.3 is 0 Å². The van der Waals surface area contributed by atoms with Crippen LogP contribution in [0.3, 0.4) is 0 Å². The van der Waals surface area contributed by atoms with Gasteiger partial charge in [-0.3, -0.25) is 4.79 Å². The molecule has 0 saturated heterocycles. The predicted octanol–water partition coefficient (Wildman–Crippen LogP) is 4.88. The third-order valence-corrected chi connectivity index (χ3v) is 4.67. The van der Waals surface area contributed by atoms with Crippen molar-refractivity contribution in [2.45, 2.75) is 26.3 Å². The van der Waals surface area contributed by atoms with Gasteiger partial charge in [0.15, 0.2) is 0 Å². The largest absolute Gasteiger partial charge is 0.349 e. The van der Waals surface area contributed by atoms with Crippen LogP contribution in [0.1, 0.15) is 28.4 Å². The summed E-state index contributed by atoms with van der Waals surface area (Å²) in [6, 6.07) is 13.9. The van der Waals surface area contributed by atoms with E-state index in [0.717, 1.165) is 20.9 Å². The van der Waals surface area contributed by atoms with E-state index < -0.39 is 0 Å². The number of rotatable bonds is 4. The van der Waals surface area contributed by atoms with Gasteiger partial charge in [-0.05, 0) is 61.7 Å². The fourth-order valence-electron chi connectivity index (χ4n) is 2.12. The molecule has 0 heterocycles. The third kappa shape index (κ3) is 4.68. The van der Waals surface area contributed by atoms with Gasteiger partial charge < -0.3 is 5.32 Å². The van der Waals surface area contributed by atoms with E-state index in [1.54, 1.807) is 0 Å². The summed E-state index contributed by atoms with van der Waals surface area (Å²) in [4.78, 5) is 12.2. The molecule has 2 aromatic rings. The third-order valence-electron chi connectivity index (χ3n) is 3.25. The lowest BCUT2D eigenvalue weighted by atomic mass is 10.1. The first kappa shape index (κ1) is 16.2. The zero-order valence-corrected chi connectivity index (χ0v) is 15.2. The van der Waals surface area contributed by atoms with Crippen molar-refractivity contribution < 1.29 is 4.79 Å². The molecule has 1 unspecified atom stereocenters. The number of benzene rings is 2. The molecule has 0 saturated carbocycles. The van der Waals surface area contributed by atoms with Crippen molar-refractivity contribution >= 4 is 37.8 Å². The molecule has 0 aromatic heterocycles. The lowest BCUT2D eigenvalue weighted by Crippen LogP contribution is -2.34. The van der Waals surface area contributed by atoms with Crippen LogP contribution in [-0.2, 0) is 6.42 Å². The van der Waals surface area contributed by atoms with Crippen LogP contribution < -0.4 is 5.32 Å². The number of nitrogens with one attached hydrogen (secondary N) is 1. The maximum Gasteiger partial charge on any atom is 0.251 e. The summed E-state index contributed by atoms with van der Waals surface area (Å²) in [5, 5.41) is 3.04. The Kier molecular flexibility index (Phi) is 5.59. The van der Waals surface area contributed by atoms with E-state index in [1.165, 1.54) is 5.56 Å². The van der Waals surface area contributed by atoms with Gasteiger partial charge in [0.05, 0.1) is 0 Å². The van der Waals surface area contributed by atoms with Gasteiger partial charge in [-0.15, -0.1) is 0 Å². The number of aryl methyl sites for hydroxylation is 1. The molecule has 110 valence electrons. The Balaban J connectivity index is 1.98. The number of hydrogen-bond acceptors (Lipinski definition) is 1. The van der Waals surface area contributed by atoms with Crippen LogP contribution >= 0.6 is 31.9 Å². The van der Waals surface area contributed by atoms with Gasteiger partial charge in [-0.2, -0.15) is 0 Å². The molecule has 0 aliphatic carbocycles. The number of halogens is 2. The fraction of sp³-hybridized carbons (Fsp3) is 0.235. The highest BCUT2D eigenvalue weighted by Gasteiger charge is 2.11. The van der Waals surface area contributed by atoms with E-state index in [1.807, 2.05) is 44.2 Å². The van der Waals surface area contributed by atoms with Gasteiger partial charge in [0, 0.05) is 20.6 Å². The first-order valence-electron chi connectivity index (χ1n) is 6.77. The van der Waals surface area contributed by atoms with Crippen molar-refractivity contribution in [3.8, 4) is 0 Å². The van der Waals surface area contributed by atoms with Crippen LogP contribution in [0.4, 0.5) is 0 Å². The molecule has 21 heavy (non-hydrogen) atoms. The molecule has 0 radical (unpaired) electrons. The molecule has 0 aliphatic heterocycles. The molecule has 2 aromatic carbocycles. The quantitative estimate of drug-likeness (QED) is 0.764. The minimum absolute atomic E-state index is 0.0322. The molecule has 0 aliphatic rings. The van der Waals surface area contributed by atoms with E-state index in [9.17, 15) is 4.79 Å². The summed E-state index contributed by atoms with van der Waals surface area (Å²) >= 11 is 6.87. The van der Waals surface area contributed by atoms with Crippen molar-refractivity contribution in [2.24, 2.45) is 0 Å². The second-order valence-electron chi connectivity index (χ2n) is 5.17. The van der Waals surface area contributed by atoms with Crippen molar-refractivity contribution in [3.05, 3.63) is 68.1 Å². The Hall–Kier alpha value is -1.13. The number of carbonyl (C=O) groups excluding carboxylic acids is 1. The van der Waals surface area contributed by atoms with Crippen LogP contribution in [0, 0.1) is 6.92 Å². The fourth-order valence-corrected chi connectivity index (χ4v) is 2.63. The second kappa shape index (κ2) is 7.23. The molecule has 0 fully saturated rings. The van der Waals surface area contributed by atoms with E-state index in [-0.39, 0.29) is 11.9 Å². The maximum absolute atomic E-state index is 12.2. The summed E-state index contributed by atoms with van der Waals surface area (Å²) in [6.07, 6.45) is 0.814. The molecule has 0 spiro atoms. The zero-order chi connectivity index (χ0) is 15.4. The summed E-state index contributed by atoms with van der Waals surface area (Å²) in [5.74, 6) is -0.0322. The van der Waals surface area contributed by atoms with Crippen molar-refractivity contribution in [1.82, 2.24) is 5.32 Å². The Morgan fingerprint density at radius 2 is 1.81 bits per heavy atom. The minimum atomic E-state index is -0.0322. The van der Waals surface area contributed by atoms with Crippen molar-refractivity contribution in [3.63, 3.8) is 0 Å². The normalized spacial score (nSPS) is 12.0. The summed E-state index contributed by atoms with van der Waals surface area (Å²) in [6.45, 7) is 4.00. The average molecular weight is 411 g/mol. The second-order valence-corrected chi connectivity index (χ2v) is 6.94. The van der Waals surface area contributed by atoms with Crippen LogP contribution in [0.15, 0.2) is 51.4 Å². The Morgan fingerprint density at radius 3 is 2.43 bits per heavy atom. The minimum Gasteiger partial charge on any atom is -0.349 e. The molecule has 2 rings (SSSR count). The molecule has 0 bridgehead atoms. The topological polar surface area (TPSA) is 29.1 Å². The van der Waals surface area contributed by atoms with E-state index in [0.29, 0.717) is 5.56 Å². The molecular formula is C17H17Br2NO. The summed E-state index contributed by atoms with van der Waals surface area (Å²) in [5.41, 5.74) is 2.96. The van der Waals surface area contributed by atoms with E-state index in [4.69, 9.17) is 0 Å². The molecule has 1 atom stereocenters. The highest BCUT2D eigenvalue weighted by Crippen LogP contribution is 2.17. The van der Waals surface area contributed by atoms with E-state index in [2.05, 4.69) is 49.3 Å². The molecule has 1 N–H and O–H groups in total. The molecule has 2 nitrogen and oxygen atoms in total. The summed E-state index contributed by atoms with van der Waals surface area (Å²) < 4.78 is 2.08.